The molecule has 0 spiro atoms. The van der Waals surface area contributed by atoms with Crippen LogP contribution in [0.2, 0.25) is 0 Å². The molecule has 126 valence electrons. The van der Waals surface area contributed by atoms with Gasteiger partial charge in [0.05, 0.1) is 6.21 Å². The first kappa shape index (κ1) is 16.4. The number of nitrogens with one attached hydrogen (secondary N) is 1. The zero-order valence-electron chi connectivity index (χ0n) is 13.6. The first-order valence-electron chi connectivity index (χ1n) is 7.76. The Balaban J connectivity index is 1.65. The molecule has 1 heterocycles. The van der Waals surface area contributed by atoms with E-state index < -0.39 is 12.0 Å². The smallest absolute Gasteiger partial charge is 0.280 e. The molecule has 1 aromatic heterocycles. The molecule has 0 saturated heterocycles. The second-order valence-electron chi connectivity index (χ2n) is 5.38. The number of benzene rings is 2. The first-order chi connectivity index (χ1) is 12.1. The van der Waals surface area contributed by atoms with Gasteiger partial charge in [-0.3, -0.25) is 9.78 Å². The number of aromatic hydroxyl groups is 1. The molecule has 0 unspecified atom stereocenters. The number of phenolic OH excluding ortho intramolecular Hbond substituents is 1. The van der Waals surface area contributed by atoms with Gasteiger partial charge < -0.3 is 9.84 Å². The summed E-state index contributed by atoms with van der Waals surface area (Å²) in [6.07, 6.45) is 2.30. The quantitative estimate of drug-likeness (QED) is 0.555. The van der Waals surface area contributed by atoms with Gasteiger partial charge in [0.25, 0.3) is 5.91 Å². The summed E-state index contributed by atoms with van der Waals surface area (Å²) in [5.74, 6) is 0.219. The molecule has 0 fully saturated rings. The Kier molecular flexibility index (Phi) is 4.89. The average molecular weight is 335 g/mol. The number of phenols is 1. The van der Waals surface area contributed by atoms with Gasteiger partial charge in [-0.25, -0.2) is 5.43 Å². The molecule has 0 aliphatic heterocycles. The van der Waals surface area contributed by atoms with Crippen LogP contribution in [0.3, 0.4) is 0 Å². The second kappa shape index (κ2) is 7.44. The molecule has 0 aliphatic rings. The van der Waals surface area contributed by atoms with Gasteiger partial charge in [0.15, 0.2) is 6.10 Å². The number of carbonyl (C=O) groups excluding carboxylic acids is 1. The van der Waals surface area contributed by atoms with Gasteiger partial charge in [0.2, 0.25) is 0 Å². The fourth-order valence-electron chi connectivity index (χ4n) is 2.27. The van der Waals surface area contributed by atoms with Crippen LogP contribution in [-0.2, 0) is 4.79 Å². The Hall–Kier alpha value is -3.41. The summed E-state index contributed by atoms with van der Waals surface area (Å²) in [7, 11) is 0. The topological polar surface area (TPSA) is 83.8 Å². The zero-order valence-corrected chi connectivity index (χ0v) is 13.6. The van der Waals surface area contributed by atoms with Crippen molar-refractivity contribution in [2.75, 3.05) is 0 Å². The van der Waals surface area contributed by atoms with Crippen LogP contribution < -0.4 is 10.2 Å². The van der Waals surface area contributed by atoms with Gasteiger partial charge >= 0.3 is 0 Å². The highest BCUT2D eigenvalue weighted by atomic mass is 16.5. The molecule has 6 nitrogen and oxygen atoms in total. The molecular weight excluding hydrogens is 318 g/mol. The van der Waals surface area contributed by atoms with E-state index in [0.29, 0.717) is 16.8 Å². The molecule has 6 heteroatoms. The minimum Gasteiger partial charge on any atom is -0.507 e. The van der Waals surface area contributed by atoms with E-state index in [2.05, 4.69) is 15.5 Å². The summed E-state index contributed by atoms with van der Waals surface area (Å²) in [5, 5.41) is 14.4. The normalized spacial score (nSPS) is 12.2. The molecule has 0 saturated carbocycles. The summed E-state index contributed by atoms with van der Waals surface area (Å²) in [6.45, 7) is 1.63. The molecule has 2 N–H and O–H groups in total. The number of hydrogen-bond acceptors (Lipinski definition) is 5. The number of nitrogens with zero attached hydrogens (tertiary/aromatic N) is 2. The second-order valence-corrected chi connectivity index (χ2v) is 5.38. The summed E-state index contributed by atoms with van der Waals surface area (Å²) in [5.41, 5.74) is 3.61. The van der Waals surface area contributed by atoms with Crippen LogP contribution >= 0.6 is 0 Å². The highest BCUT2D eigenvalue weighted by molar-refractivity contribution is 5.87. The average Bonchev–Trinajstić information content (AvgIpc) is 2.63. The van der Waals surface area contributed by atoms with Crippen LogP contribution in [0.1, 0.15) is 12.5 Å². The lowest BCUT2D eigenvalue weighted by Gasteiger charge is -2.14. The van der Waals surface area contributed by atoms with E-state index in [1.807, 2.05) is 24.3 Å². The minimum atomic E-state index is -0.755. The standard InChI is InChI=1S/C19H17N3O3/c1-13(19(24)22-21-12-15-6-2-3-9-16(15)23)25-17-10-4-7-14-8-5-11-20-18(14)17/h2-13,23H,1H3,(H,22,24)/b21-12+/t13-/m1/s1. The number of ether oxygens (including phenoxy) is 1. The fraction of sp³-hybridized carbons (Fsp3) is 0.105. The van der Waals surface area contributed by atoms with E-state index in [0.717, 1.165) is 5.39 Å². The van der Waals surface area contributed by atoms with Crippen molar-refractivity contribution >= 4 is 23.0 Å². The monoisotopic (exact) mass is 335 g/mol. The Morgan fingerprint density at radius 3 is 2.84 bits per heavy atom. The number of fused-ring (bicyclic) bond motifs is 1. The van der Waals surface area contributed by atoms with Crippen molar-refractivity contribution in [2.45, 2.75) is 13.0 Å². The third-order valence-electron chi connectivity index (χ3n) is 3.58. The van der Waals surface area contributed by atoms with Gasteiger partial charge in [-0.2, -0.15) is 5.10 Å². The molecule has 0 aliphatic carbocycles. The van der Waals surface area contributed by atoms with Crippen molar-refractivity contribution in [1.82, 2.24) is 10.4 Å². The highest BCUT2D eigenvalue weighted by Gasteiger charge is 2.15. The highest BCUT2D eigenvalue weighted by Crippen LogP contribution is 2.23. The van der Waals surface area contributed by atoms with Gasteiger partial charge in [-0.1, -0.05) is 30.3 Å². The summed E-state index contributed by atoms with van der Waals surface area (Å²) in [4.78, 5) is 16.4. The van der Waals surface area contributed by atoms with E-state index in [1.54, 1.807) is 43.5 Å². The number of carbonyl (C=O) groups is 1. The molecule has 0 bridgehead atoms. The number of hydrogen-bond donors (Lipinski definition) is 2. The largest absolute Gasteiger partial charge is 0.507 e. The van der Waals surface area contributed by atoms with Gasteiger partial charge in [-0.15, -0.1) is 0 Å². The van der Waals surface area contributed by atoms with E-state index in [-0.39, 0.29) is 5.75 Å². The van der Waals surface area contributed by atoms with Crippen molar-refractivity contribution in [3.8, 4) is 11.5 Å². The molecule has 3 rings (SSSR count). The van der Waals surface area contributed by atoms with Crippen LogP contribution in [-0.4, -0.2) is 28.3 Å². The van der Waals surface area contributed by atoms with Gasteiger partial charge in [-0.05, 0) is 31.2 Å². The summed E-state index contributed by atoms with van der Waals surface area (Å²) >= 11 is 0. The summed E-state index contributed by atoms with van der Waals surface area (Å²) < 4.78 is 5.72. The molecule has 25 heavy (non-hydrogen) atoms. The number of pyridine rings is 1. The van der Waals surface area contributed by atoms with Crippen molar-refractivity contribution in [2.24, 2.45) is 5.10 Å². The number of amides is 1. The van der Waals surface area contributed by atoms with E-state index >= 15 is 0 Å². The zero-order chi connectivity index (χ0) is 17.6. The Bertz CT molecular complexity index is 919. The van der Waals surface area contributed by atoms with Crippen molar-refractivity contribution in [3.63, 3.8) is 0 Å². The number of rotatable bonds is 5. The first-order valence-corrected chi connectivity index (χ1v) is 7.76. The van der Waals surface area contributed by atoms with Crippen LogP contribution in [0, 0.1) is 0 Å². The van der Waals surface area contributed by atoms with Crippen molar-refractivity contribution in [3.05, 3.63) is 66.4 Å². The maximum absolute atomic E-state index is 12.1. The maximum Gasteiger partial charge on any atom is 0.280 e. The summed E-state index contributed by atoms with van der Waals surface area (Å²) in [6, 6.07) is 16.0. The molecule has 0 radical (unpaired) electrons. The Labute approximate surface area is 144 Å². The molecule has 2 aromatic carbocycles. The number of aromatic nitrogens is 1. The fourth-order valence-corrected chi connectivity index (χ4v) is 2.27. The molecule has 1 atom stereocenters. The van der Waals surface area contributed by atoms with Crippen LogP contribution in [0.25, 0.3) is 10.9 Å². The molecular formula is C19H17N3O3. The lowest BCUT2D eigenvalue weighted by molar-refractivity contribution is -0.127. The third-order valence-corrected chi connectivity index (χ3v) is 3.58. The third kappa shape index (κ3) is 3.92. The van der Waals surface area contributed by atoms with Crippen LogP contribution in [0.15, 0.2) is 65.9 Å². The maximum atomic E-state index is 12.1. The van der Waals surface area contributed by atoms with Gasteiger partial charge in [0, 0.05) is 17.1 Å². The van der Waals surface area contributed by atoms with Crippen LogP contribution in [0.4, 0.5) is 0 Å². The van der Waals surface area contributed by atoms with E-state index in [9.17, 15) is 9.90 Å². The van der Waals surface area contributed by atoms with Crippen molar-refractivity contribution < 1.29 is 14.6 Å². The number of para-hydroxylation sites is 2. The van der Waals surface area contributed by atoms with Gasteiger partial charge in [0.1, 0.15) is 17.0 Å². The minimum absolute atomic E-state index is 0.0895. The Morgan fingerprint density at radius 1 is 1.20 bits per heavy atom. The van der Waals surface area contributed by atoms with E-state index in [4.69, 9.17) is 4.74 Å². The van der Waals surface area contributed by atoms with Crippen LogP contribution in [0.5, 0.6) is 11.5 Å². The number of hydrazone groups is 1. The lowest BCUT2D eigenvalue weighted by atomic mass is 10.2. The molecule has 1 amide bonds. The lowest BCUT2D eigenvalue weighted by Crippen LogP contribution is -2.33. The van der Waals surface area contributed by atoms with E-state index in [1.165, 1.54) is 6.21 Å². The van der Waals surface area contributed by atoms with Crippen molar-refractivity contribution in [1.29, 1.82) is 0 Å². The predicted octanol–water partition coefficient (Wildman–Crippen LogP) is 2.86. The Morgan fingerprint density at radius 2 is 2.00 bits per heavy atom. The SMILES string of the molecule is C[C@@H](Oc1cccc2cccnc12)C(=O)N/N=C/c1ccccc1O. The molecule has 3 aromatic rings. The predicted molar refractivity (Wildman–Crippen MR) is 95.7 cm³/mol.